The van der Waals surface area contributed by atoms with Crippen molar-refractivity contribution >= 4 is 18.0 Å². The van der Waals surface area contributed by atoms with Crippen molar-refractivity contribution in [3.8, 4) is 0 Å². The number of fused-ring (bicyclic) bond motifs is 3. The van der Waals surface area contributed by atoms with Gasteiger partial charge < -0.3 is 54.2 Å². The molecule has 0 spiro atoms. The van der Waals surface area contributed by atoms with Gasteiger partial charge in [-0.15, -0.1) is 0 Å². The number of aliphatic hydroxyl groups is 4. The summed E-state index contributed by atoms with van der Waals surface area (Å²) in [6.45, 7) is 20.3. The van der Waals surface area contributed by atoms with E-state index in [2.05, 4.69) is 11.9 Å². The van der Waals surface area contributed by atoms with Gasteiger partial charge in [0.05, 0.1) is 42.0 Å². The lowest BCUT2D eigenvalue weighted by atomic mass is 9.49. The van der Waals surface area contributed by atoms with Gasteiger partial charge in [-0.3, -0.25) is 4.79 Å². The van der Waals surface area contributed by atoms with Gasteiger partial charge in [0.1, 0.15) is 23.4 Å². The fourth-order valence-corrected chi connectivity index (χ4v) is 9.54. The number of hydrogen-bond acceptors (Lipinski definition) is 13. The molecule has 288 valence electrons. The van der Waals surface area contributed by atoms with Crippen LogP contribution in [0.15, 0.2) is 23.8 Å². The monoisotopic (exact) mass is 723 g/mol. The van der Waals surface area contributed by atoms with Crippen molar-refractivity contribution in [2.75, 3.05) is 6.61 Å². The van der Waals surface area contributed by atoms with Crippen LogP contribution >= 0.6 is 0 Å². The van der Waals surface area contributed by atoms with E-state index in [4.69, 9.17) is 28.4 Å². The Hall–Kier alpha value is -2.59. The van der Waals surface area contributed by atoms with E-state index in [1.54, 1.807) is 27.7 Å². The molecule has 4 fully saturated rings. The number of nitrogens with one attached hydrogen (secondary N) is 1. The summed E-state index contributed by atoms with van der Waals surface area (Å²) in [5.74, 6) is -2.79. The van der Waals surface area contributed by atoms with Gasteiger partial charge in [-0.25, -0.2) is 9.59 Å². The lowest BCUT2D eigenvalue weighted by Crippen LogP contribution is -2.79. The van der Waals surface area contributed by atoms with E-state index in [1.165, 1.54) is 26.8 Å². The van der Waals surface area contributed by atoms with Crippen molar-refractivity contribution in [3.63, 3.8) is 0 Å². The molecule has 14 heteroatoms. The molecule has 5 aliphatic rings. The van der Waals surface area contributed by atoms with Crippen molar-refractivity contribution < 1.29 is 63.2 Å². The fourth-order valence-electron chi connectivity index (χ4n) is 9.54. The van der Waals surface area contributed by atoms with Gasteiger partial charge in [-0.2, -0.15) is 0 Å². The maximum Gasteiger partial charge on any atom is 0.407 e. The number of aliphatic hydroxyl groups excluding tert-OH is 2. The van der Waals surface area contributed by atoms with E-state index in [1.807, 2.05) is 20.8 Å². The second-order valence-corrected chi connectivity index (χ2v) is 17.2. The normalized spacial score (nSPS) is 40.1. The molecule has 2 saturated carbocycles. The number of hydrogen-bond donors (Lipinski definition) is 5. The average molecular weight is 724 g/mol. The van der Waals surface area contributed by atoms with Gasteiger partial charge in [0, 0.05) is 31.1 Å². The molecule has 0 radical (unpaired) electrons. The Labute approximate surface area is 299 Å². The van der Waals surface area contributed by atoms with Crippen LogP contribution in [0.25, 0.3) is 0 Å². The first kappa shape index (κ1) is 39.6. The molecule has 13 atom stereocenters. The largest absolute Gasteiger partial charge is 0.456 e. The maximum atomic E-state index is 13.8. The Morgan fingerprint density at radius 2 is 1.76 bits per heavy atom. The standard InChI is InChI=1S/C37H57NO13/c1-12-24-49-22-14-23-37(45,16-46-23)28-29(41)36(34(9,10)44)15-21(18(4)25(36)27(47-19(5)39)30(50-24)35(22,28)11)48-31(42)26(40)20(13-17(2)3)38-32(43)51-33(6,7)8/h12,17,20-24,26-30,40-41,44-45H,1,13-16H2,2-11H3,(H,38,43)/t20?,21-,22-,23+,24-,26+,27-,28-,29-,30-,35+,36-,37-/m0/s1. The molecule has 1 unspecified atom stereocenters. The summed E-state index contributed by atoms with van der Waals surface area (Å²) in [6.07, 6.45) is -8.04. The molecule has 2 aliphatic heterocycles. The summed E-state index contributed by atoms with van der Waals surface area (Å²) in [7, 11) is 0. The highest BCUT2D eigenvalue weighted by Crippen LogP contribution is 2.68. The summed E-state index contributed by atoms with van der Waals surface area (Å²) in [5.41, 5.74) is -6.36. The molecule has 5 N–H and O–H groups in total. The number of carbonyl (C=O) groups excluding carboxylic acids is 3. The Morgan fingerprint density at radius 1 is 1.12 bits per heavy atom. The van der Waals surface area contributed by atoms with Crippen LogP contribution in [0.4, 0.5) is 4.79 Å². The summed E-state index contributed by atoms with van der Waals surface area (Å²) >= 11 is 0. The van der Waals surface area contributed by atoms with Gasteiger partial charge in [0.15, 0.2) is 18.5 Å². The highest BCUT2D eigenvalue weighted by Gasteiger charge is 2.78. The number of carbonyl (C=O) groups is 3. The maximum absolute atomic E-state index is 13.8. The Kier molecular flexibility index (Phi) is 10.4. The fraction of sp³-hybridized carbons (Fsp3) is 0.811. The number of ether oxygens (including phenoxy) is 6. The first-order valence-electron chi connectivity index (χ1n) is 17.9. The molecule has 3 aliphatic carbocycles. The van der Waals surface area contributed by atoms with Crippen LogP contribution in [-0.4, -0.2) is 117 Å². The molecular formula is C37H57NO13. The van der Waals surface area contributed by atoms with Gasteiger partial charge in [0.25, 0.3) is 0 Å². The Bertz CT molecular complexity index is 1430. The molecule has 51 heavy (non-hydrogen) atoms. The first-order valence-corrected chi connectivity index (χ1v) is 17.9. The zero-order valence-electron chi connectivity index (χ0n) is 31.4. The van der Waals surface area contributed by atoms with Gasteiger partial charge >= 0.3 is 18.0 Å². The molecule has 2 heterocycles. The van der Waals surface area contributed by atoms with Crippen molar-refractivity contribution in [3.05, 3.63) is 23.8 Å². The van der Waals surface area contributed by atoms with E-state index in [9.17, 15) is 34.8 Å². The Morgan fingerprint density at radius 3 is 2.27 bits per heavy atom. The van der Waals surface area contributed by atoms with Crippen LogP contribution in [-0.2, 0) is 38.0 Å². The number of esters is 2. The van der Waals surface area contributed by atoms with E-state index in [0.29, 0.717) is 11.1 Å². The highest BCUT2D eigenvalue weighted by molar-refractivity contribution is 5.77. The second kappa shape index (κ2) is 13.4. The van der Waals surface area contributed by atoms with Crippen LogP contribution in [0.5, 0.6) is 0 Å². The summed E-state index contributed by atoms with van der Waals surface area (Å²) < 4.78 is 36.1. The average Bonchev–Trinajstić information content (AvgIpc) is 3.25. The van der Waals surface area contributed by atoms with Crippen molar-refractivity contribution in [1.29, 1.82) is 0 Å². The van der Waals surface area contributed by atoms with Gasteiger partial charge in [-0.1, -0.05) is 27.4 Å². The lowest BCUT2D eigenvalue weighted by molar-refractivity contribution is -0.392. The number of amides is 1. The molecule has 5 rings (SSSR count). The minimum absolute atomic E-state index is 0.0370. The lowest BCUT2D eigenvalue weighted by Gasteiger charge is -2.66. The molecule has 1 amide bonds. The summed E-state index contributed by atoms with van der Waals surface area (Å²) in [5, 5.41) is 51.2. The number of rotatable bonds is 9. The summed E-state index contributed by atoms with van der Waals surface area (Å²) in [6, 6.07) is -1.06. The predicted octanol–water partition coefficient (Wildman–Crippen LogP) is 2.43. The predicted molar refractivity (Wildman–Crippen MR) is 181 cm³/mol. The van der Waals surface area contributed by atoms with Crippen molar-refractivity contribution in [2.45, 2.75) is 160 Å². The molecule has 14 nitrogen and oxygen atoms in total. The smallest absolute Gasteiger partial charge is 0.407 e. The molecule has 0 aromatic rings. The molecular weight excluding hydrogens is 666 g/mol. The minimum atomic E-state index is -1.81. The topological polar surface area (TPSA) is 200 Å². The SMILES string of the molecule is C=C[C@H]1O[C@H]2C[C@H]3OC[C@@]3(O)[C@H]3[C@H](O)[C@]4(C(C)(C)O)C[C@H](OC(=O)[C@H](O)C(CC(C)C)NC(=O)OC(C)(C)C)C(C)=C4[C@H](OC(C)=O)[C@H](O1)[C@]23C. The number of alkyl carbamates (subject to hydrolysis) is 1. The van der Waals surface area contributed by atoms with Gasteiger partial charge in [0.2, 0.25) is 0 Å². The van der Waals surface area contributed by atoms with Gasteiger partial charge in [-0.05, 0) is 71.1 Å². The zero-order chi connectivity index (χ0) is 38.2. The minimum Gasteiger partial charge on any atom is -0.456 e. The van der Waals surface area contributed by atoms with E-state index < -0.39 is 107 Å². The quantitative estimate of drug-likeness (QED) is 0.132. The third-order valence-electron chi connectivity index (χ3n) is 11.8. The van der Waals surface area contributed by atoms with Crippen LogP contribution in [0.2, 0.25) is 0 Å². The van der Waals surface area contributed by atoms with Crippen molar-refractivity contribution in [1.82, 2.24) is 5.32 Å². The third kappa shape index (κ3) is 6.52. The van der Waals surface area contributed by atoms with E-state index in [-0.39, 0.29) is 31.8 Å². The Balaban J connectivity index is 1.61. The van der Waals surface area contributed by atoms with Crippen molar-refractivity contribution in [2.24, 2.45) is 22.7 Å². The zero-order valence-corrected chi connectivity index (χ0v) is 31.4. The first-order chi connectivity index (χ1) is 23.4. The van der Waals surface area contributed by atoms with E-state index in [0.717, 1.165) is 0 Å². The van der Waals surface area contributed by atoms with E-state index >= 15 is 0 Å². The third-order valence-corrected chi connectivity index (χ3v) is 11.8. The summed E-state index contributed by atoms with van der Waals surface area (Å²) in [4.78, 5) is 39.4. The van der Waals surface area contributed by atoms with Crippen LogP contribution in [0.3, 0.4) is 0 Å². The molecule has 0 aromatic carbocycles. The van der Waals surface area contributed by atoms with Crippen LogP contribution < -0.4 is 5.32 Å². The highest BCUT2D eigenvalue weighted by atomic mass is 16.7. The van der Waals surface area contributed by atoms with Crippen LogP contribution in [0.1, 0.15) is 88.5 Å². The molecule has 0 aromatic heterocycles. The molecule has 2 saturated heterocycles. The molecule has 0 bridgehead atoms. The second-order valence-electron chi connectivity index (χ2n) is 17.2. The van der Waals surface area contributed by atoms with Crippen LogP contribution in [0, 0.1) is 22.7 Å².